The lowest BCUT2D eigenvalue weighted by Crippen LogP contribution is -2.47. The molecule has 4 nitrogen and oxygen atoms in total. The molecule has 1 saturated heterocycles. The molecular weight excluding hydrogens is 228 g/mol. The summed E-state index contributed by atoms with van der Waals surface area (Å²) in [5.74, 6) is 1.56. The molecule has 0 radical (unpaired) electrons. The molecule has 0 aromatic rings. The minimum Gasteiger partial charge on any atom is -0.355 e. The molecule has 3 atom stereocenters. The van der Waals surface area contributed by atoms with E-state index in [1.54, 1.807) is 0 Å². The molecular formula is C14H24N2O2. The third-order valence-corrected chi connectivity index (χ3v) is 4.16. The van der Waals surface area contributed by atoms with Crippen molar-refractivity contribution in [3.05, 3.63) is 0 Å². The summed E-state index contributed by atoms with van der Waals surface area (Å²) < 4.78 is 0. The van der Waals surface area contributed by atoms with Gasteiger partial charge in [-0.25, -0.2) is 0 Å². The van der Waals surface area contributed by atoms with Crippen molar-refractivity contribution in [3.8, 4) is 0 Å². The van der Waals surface area contributed by atoms with Crippen LogP contribution in [0, 0.1) is 17.8 Å². The van der Waals surface area contributed by atoms with E-state index in [9.17, 15) is 9.59 Å². The maximum Gasteiger partial charge on any atom is 0.225 e. The van der Waals surface area contributed by atoms with Gasteiger partial charge in [0.1, 0.15) is 0 Å². The molecule has 0 aromatic heterocycles. The van der Waals surface area contributed by atoms with Gasteiger partial charge in [-0.1, -0.05) is 13.8 Å². The Balaban J connectivity index is 1.81. The van der Waals surface area contributed by atoms with Gasteiger partial charge >= 0.3 is 0 Å². The van der Waals surface area contributed by atoms with Crippen LogP contribution < -0.4 is 10.6 Å². The quantitative estimate of drug-likeness (QED) is 0.781. The number of hydrogen-bond acceptors (Lipinski definition) is 2. The summed E-state index contributed by atoms with van der Waals surface area (Å²) in [6.45, 7) is 5.02. The average molecular weight is 252 g/mol. The molecule has 2 amide bonds. The SMILES string of the molecule is CC1CC(C)CC(NC(=O)C2CCC(=O)NC2)C1. The van der Waals surface area contributed by atoms with Crippen molar-refractivity contribution in [3.63, 3.8) is 0 Å². The van der Waals surface area contributed by atoms with Gasteiger partial charge in [-0.3, -0.25) is 9.59 Å². The number of rotatable bonds is 2. The number of nitrogens with one attached hydrogen (secondary N) is 2. The lowest BCUT2D eigenvalue weighted by molar-refractivity contribution is -0.129. The fraction of sp³-hybridized carbons (Fsp3) is 0.857. The van der Waals surface area contributed by atoms with Gasteiger partial charge in [0.05, 0.1) is 5.92 Å². The Hall–Kier alpha value is -1.06. The Bertz CT molecular complexity index is 310. The minimum absolute atomic E-state index is 0.0322. The van der Waals surface area contributed by atoms with Crippen molar-refractivity contribution in [2.24, 2.45) is 17.8 Å². The summed E-state index contributed by atoms with van der Waals surface area (Å²) in [4.78, 5) is 23.2. The minimum atomic E-state index is -0.0322. The van der Waals surface area contributed by atoms with Gasteiger partial charge in [0.2, 0.25) is 11.8 Å². The highest BCUT2D eigenvalue weighted by Gasteiger charge is 2.29. The fourth-order valence-electron chi connectivity index (χ4n) is 3.34. The van der Waals surface area contributed by atoms with Crippen LogP contribution in [0.1, 0.15) is 46.0 Å². The molecule has 2 fully saturated rings. The first kappa shape index (κ1) is 13.4. The van der Waals surface area contributed by atoms with Crippen molar-refractivity contribution in [2.45, 2.75) is 52.0 Å². The maximum absolute atomic E-state index is 12.1. The molecule has 2 N–H and O–H groups in total. The number of piperidine rings is 1. The smallest absolute Gasteiger partial charge is 0.225 e. The summed E-state index contributed by atoms with van der Waals surface area (Å²) in [5.41, 5.74) is 0. The van der Waals surface area contributed by atoms with Crippen LogP contribution in [0.2, 0.25) is 0 Å². The number of hydrogen-bond donors (Lipinski definition) is 2. The standard InChI is InChI=1S/C14H24N2O2/c1-9-5-10(2)7-12(6-9)16-14(18)11-3-4-13(17)15-8-11/h9-12H,3-8H2,1-2H3,(H,15,17)(H,16,18). The second-order valence-corrected chi connectivity index (χ2v) is 6.16. The highest BCUT2D eigenvalue weighted by molar-refractivity contribution is 5.83. The Morgan fingerprint density at radius 2 is 1.89 bits per heavy atom. The molecule has 1 saturated carbocycles. The van der Waals surface area contributed by atoms with E-state index in [4.69, 9.17) is 0 Å². The molecule has 0 aromatic carbocycles. The van der Waals surface area contributed by atoms with Gasteiger partial charge in [0, 0.05) is 19.0 Å². The van der Waals surface area contributed by atoms with Crippen LogP contribution >= 0.6 is 0 Å². The second-order valence-electron chi connectivity index (χ2n) is 6.16. The van der Waals surface area contributed by atoms with Crippen molar-refractivity contribution in [2.75, 3.05) is 6.54 Å². The highest BCUT2D eigenvalue weighted by Crippen LogP contribution is 2.28. The van der Waals surface area contributed by atoms with Crippen molar-refractivity contribution >= 4 is 11.8 Å². The monoisotopic (exact) mass is 252 g/mol. The van der Waals surface area contributed by atoms with Gasteiger partial charge < -0.3 is 10.6 Å². The van der Waals surface area contributed by atoms with Crippen LogP contribution in [0.5, 0.6) is 0 Å². The van der Waals surface area contributed by atoms with Gasteiger partial charge in [0.15, 0.2) is 0 Å². The largest absolute Gasteiger partial charge is 0.355 e. The van der Waals surface area contributed by atoms with E-state index in [1.807, 2.05) is 0 Å². The molecule has 1 heterocycles. The normalized spacial score (nSPS) is 36.9. The fourth-order valence-corrected chi connectivity index (χ4v) is 3.34. The van der Waals surface area contributed by atoms with E-state index in [0.717, 1.165) is 12.8 Å². The summed E-state index contributed by atoms with van der Waals surface area (Å²) in [6, 6.07) is 0.328. The third-order valence-electron chi connectivity index (χ3n) is 4.16. The van der Waals surface area contributed by atoms with E-state index >= 15 is 0 Å². The average Bonchev–Trinajstić information content (AvgIpc) is 2.28. The van der Waals surface area contributed by atoms with Crippen LogP contribution in [-0.2, 0) is 9.59 Å². The van der Waals surface area contributed by atoms with Crippen molar-refractivity contribution in [1.29, 1.82) is 0 Å². The predicted octanol–water partition coefficient (Wildman–Crippen LogP) is 1.45. The zero-order valence-electron chi connectivity index (χ0n) is 11.4. The predicted molar refractivity (Wildman–Crippen MR) is 69.8 cm³/mol. The maximum atomic E-state index is 12.1. The molecule has 18 heavy (non-hydrogen) atoms. The van der Waals surface area contributed by atoms with Crippen molar-refractivity contribution in [1.82, 2.24) is 10.6 Å². The Labute approximate surface area is 109 Å². The summed E-state index contributed by atoms with van der Waals surface area (Å²) in [5, 5.41) is 5.94. The van der Waals surface area contributed by atoms with Gasteiger partial charge in [0.25, 0.3) is 0 Å². The van der Waals surface area contributed by atoms with E-state index in [2.05, 4.69) is 24.5 Å². The topological polar surface area (TPSA) is 58.2 Å². The molecule has 1 aliphatic heterocycles. The number of carbonyl (C=O) groups excluding carboxylic acids is 2. The lowest BCUT2D eigenvalue weighted by atomic mass is 9.80. The molecule has 2 aliphatic rings. The molecule has 4 heteroatoms. The number of carbonyl (C=O) groups is 2. The van der Waals surface area contributed by atoms with Gasteiger partial charge in [-0.15, -0.1) is 0 Å². The van der Waals surface area contributed by atoms with Gasteiger partial charge in [-0.05, 0) is 37.5 Å². The van der Waals surface area contributed by atoms with Crippen LogP contribution in [0.25, 0.3) is 0 Å². The number of amides is 2. The first-order chi connectivity index (χ1) is 8.54. The summed E-state index contributed by atoms with van der Waals surface area (Å²) >= 11 is 0. The lowest BCUT2D eigenvalue weighted by Gasteiger charge is -2.33. The summed E-state index contributed by atoms with van der Waals surface area (Å²) in [6.07, 6.45) is 4.63. The van der Waals surface area contributed by atoms with Gasteiger partial charge in [-0.2, -0.15) is 0 Å². The Morgan fingerprint density at radius 3 is 2.44 bits per heavy atom. The first-order valence-corrected chi connectivity index (χ1v) is 7.11. The van der Waals surface area contributed by atoms with E-state index < -0.39 is 0 Å². The van der Waals surface area contributed by atoms with E-state index in [1.165, 1.54) is 6.42 Å². The van der Waals surface area contributed by atoms with Crippen LogP contribution in [0.15, 0.2) is 0 Å². The molecule has 1 aliphatic carbocycles. The Morgan fingerprint density at radius 1 is 1.22 bits per heavy atom. The molecule has 0 bridgehead atoms. The molecule has 3 unspecified atom stereocenters. The molecule has 2 rings (SSSR count). The molecule has 0 spiro atoms. The van der Waals surface area contributed by atoms with E-state index in [0.29, 0.717) is 37.3 Å². The van der Waals surface area contributed by atoms with Crippen LogP contribution in [0.3, 0.4) is 0 Å². The first-order valence-electron chi connectivity index (χ1n) is 7.11. The third kappa shape index (κ3) is 3.47. The zero-order valence-corrected chi connectivity index (χ0v) is 11.4. The highest BCUT2D eigenvalue weighted by atomic mass is 16.2. The van der Waals surface area contributed by atoms with Crippen molar-refractivity contribution < 1.29 is 9.59 Å². The summed E-state index contributed by atoms with van der Waals surface area (Å²) in [7, 11) is 0. The van der Waals surface area contributed by atoms with Crippen LogP contribution in [0.4, 0.5) is 0 Å². The van der Waals surface area contributed by atoms with Crippen LogP contribution in [-0.4, -0.2) is 24.4 Å². The zero-order chi connectivity index (χ0) is 13.1. The second kappa shape index (κ2) is 5.72. The van der Waals surface area contributed by atoms with E-state index in [-0.39, 0.29) is 17.7 Å². The Kier molecular flexibility index (Phi) is 4.25. The molecule has 102 valence electrons.